The zero-order valence-electron chi connectivity index (χ0n) is 18.2. The van der Waals surface area contributed by atoms with E-state index in [0.717, 1.165) is 18.5 Å². The van der Waals surface area contributed by atoms with Crippen LogP contribution in [0.25, 0.3) is 11.0 Å². The van der Waals surface area contributed by atoms with E-state index in [1.165, 1.54) is 0 Å². The first-order valence-electron chi connectivity index (χ1n) is 10.2. The third kappa shape index (κ3) is 3.65. The summed E-state index contributed by atoms with van der Waals surface area (Å²) in [4.78, 5) is 30.6. The summed E-state index contributed by atoms with van der Waals surface area (Å²) in [5, 5.41) is 0.467. The predicted octanol–water partition coefficient (Wildman–Crippen LogP) is 3.31. The summed E-state index contributed by atoms with van der Waals surface area (Å²) in [5.74, 6) is 0.976. The molecule has 1 amide bonds. The van der Waals surface area contributed by atoms with Gasteiger partial charge in [-0.05, 0) is 56.9 Å². The van der Waals surface area contributed by atoms with Gasteiger partial charge in [0.15, 0.2) is 16.9 Å². The maximum atomic E-state index is 13.5. The van der Waals surface area contributed by atoms with Crippen LogP contribution in [-0.2, 0) is 0 Å². The standard InChI is InChI=1S/C24H26N2O5/c1-25(2)12-7-13-26-21(15-10-11-18(29-3)19(14-15)30-4)20-22(27)16-8-5-6-9-17(16)31-23(20)24(26)28/h5-6,8-11,14,21H,7,12-13H2,1-4H3. The van der Waals surface area contributed by atoms with Crippen LogP contribution in [0.5, 0.6) is 11.5 Å². The molecule has 0 fully saturated rings. The summed E-state index contributed by atoms with van der Waals surface area (Å²) in [7, 11) is 7.11. The third-order valence-corrected chi connectivity index (χ3v) is 5.60. The zero-order valence-corrected chi connectivity index (χ0v) is 18.2. The van der Waals surface area contributed by atoms with E-state index >= 15 is 0 Å². The van der Waals surface area contributed by atoms with Crippen LogP contribution in [0.4, 0.5) is 0 Å². The molecule has 7 nitrogen and oxygen atoms in total. The third-order valence-electron chi connectivity index (χ3n) is 5.60. The Kier molecular flexibility index (Phi) is 5.69. The highest BCUT2D eigenvalue weighted by Crippen LogP contribution is 2.40. The molecule has 7 heteroatoms. The number of nitrogens with zero attached hydrogens (tertiary/aromatic N) is 2. The Morgan fingerprint density at radius 1 is 1.03 bits per heavy atom. The summed E-state index contributed by atoms with van der Waals surface area (Å²) < 4.78 is 16.8. The molecule has 2 aromatic carbocycles. The number of hydrogen-bond donors (Lipinski definition) is 0. The number of fused-ring (bicyclic) bond motifs is 2. The van der Waals surface area contributed by atoms with Gasteiger partial charge in [-0.15, -0.1) is 0 Å². The van der Waals surface area contributed by atoms with Gasteiger partial charge >= 0.3 is 0 Å². The van der Waals surface area contributed by atoms with Gasteiger partial charge in [-0.2, -0.15) is 0 Å². The molecular weight excluding hydrogens is 396 g/mol. The van der Waals surface area contributed by atoms with Crippen LogP contribution in [0.2, 0.25) is 0 Å². The van der Waals surface area contributed by atoms with E-state index in [-0.39, 0.29) is 17.1 Å². The van der Waals surface area contributed by atoms with Gasteiger partial charge in [-0.3, -0.25) is 9.59 Å². The molecule has 31 heavy (non-hydrogen) atoms. The Labute approximate surface area is 180 Å². The highest BCUT2D eigenvalue weighted by atomic mass is 16.5. The molecule has 1 aliphatic rings. The second kappa shape index (κ2) is 8.43. The number of methoxy groups -OCH3 is 2. The van der Waals surface area contributed by atoms with Gasteiger partial charge in [0.05, 0.1) is 31.2 Å². The Morgan fingerprint density at radius 2 is 1.77 bits per heavy atom. The van der Waals surface area contributed by atoms with E-state index < -0.39 is 6.04 Å². The Balaban J connectivity index is 1.88. The first-order valence-corrected chi connectivity index (χ1v) is 10.2. The lowest BCUT2D eigenvalue weighted by atomic mass is 9.98. The van der Waals surface area contributed by atoms with Crippen molar-refractivity contribution in [1.29, 1.82) is 0 Å². The van der Waals surface area contributed by atoms with Crippen molar-refractivity contribution in [2.24, 2.45) is 0 Å². The van der Waals surface area contributed by atoms with Crippen molar-refractivity contribution in [3.63, 3.8) is 0 Å². The van der Waals surface area contributed by atoms with Crippen molar-refractivity contribution in [3.8, 4) is 11.5 Å². The molecule has 4 rings (SSSR count). The van der Waals surface area contributed by atoms with Crippen molar-refractivity contribution >= 4 is 16.9 Å². The molecule has 1 unspecified atom stereocenters. The van der Waals surface area contributed by atoms with Gasteiger partial charge in [0.25, 0.3) is 5.91 Å². The van der Waals surface area contributed by atoms with E-state index in [2.05, 4.69) is 4.90 Å². The summed E-state index contributed by atoms with van der Waals surface area (Å²) in [6.45, 7) is 1.32. The van der Waals surface area contributed by atoms with Gasteiger partial charge < -0.3 is 23.7 Å². The Morgan fingerprint density at radius 3 is 2.48 bits per heavy atom. The lowest BCUT2D eigenvalue weighted by Crippen LogP contribution is -2.32. The van der Waals surface area contributed by atoms with Gasteiger partial charge in [0.2, 0.25) is 5.76 Å². The quantitative estimate of drug-likeness (QED) is 0.582. The van der Waals surface area contributed by atoms with Crippen LogP contribution in [0.3, 0.4) is 0 Å². The van der Waals surface area contributed by atoms with Crippen LogP contribution in [0, 0.1) is 0 Å². The number of rotatable bonds is 7. The first kappa shape index (κ1) is 20.9. The van der Waals surface area contributed by atoms with Crippen molar-refractivity contribution in [2.75, 3.05) is 41.4 Å². The SMILES string of the molecule is COc1ccc(C2c3c(oc4ccccc4c3=O)C(=O)N2CCCN(C)C)cc1OC. The predicted molar refractivity (Wildman–Crippen MR) is 118 cm³/mol. The summed E-state index contributed by atoms with van der Waals surface area (Å²) >= 11 is 0. The van der Waals surface area contributed by atoms with Crippen molar-refractivity contribution < 1.29 is 18.7 Å². The smallest absolute Gasteiger partial charge is 0.290 e. The number of benzene rings is 2. The topological polar surface area (TPSA) is 72.2 Å². The number of amides is 1. The second-order valence-corrected chi connectivity index (χ2v) is 7.84. The molecule has 2 heterocycles. The molecule has 0 N–H and O–H groups in total. The van der Waals surface area contributed by atoms with E-state index in [4.69, 9.17) is 13.9 Å². The van der Waals surface area contributed by atoms with Crippen LogP contribution >= 0.6 is 0 Å². The maximum Gasteiger partial charge on any atom is 0.290 e. The monoisotopic (exact) mass is 422 g/mol. The number of carbonyl (C=O) groups excluding carboxylic acids is 1. The van der Waals surface area contributed by atoms with Gasteiger partial charge in [0, 0.05) is 6.54 Å². The minimum absolute atomic E-state index is 0.119. The summed E-state index contributed by atoms with van der Waals surface area (Å²) in [5.41, 5.74) is 1.39. The maximum absolute atomic E-state index is 13.5. The lowest BCUT2D eigenvalue weighted by Gasteiger charge is -2.26. The van der Waals surface area contributed by atoms with E-state index in [9.17, 15) is 9.59 Å². The molecule has 0 aliphatic carbocycles. The molecule has 0 radical (unpaired) electrons. The summed E-state index contributed by atoms with van der Waals surface area (Å²) in [6.07, 6.45) is 0.768. The fourth-order valence-corrected chi connectivity index (χ4v) is 4.12. The molecule has 162 valence electrons. The lowest BCUT2D eigenvalue weighted by molar-refractivity contribution is 0.0722. The van der Waals surface area contributed by atoms with Gasteiger partial charge in [0.1, 0.15) is 5.58 Å². The highest BCUT2D eigenvalue weighted by molar-refractivity contribution is 5.99. The van der Waals surface area contributed by atoms with E-state index in [1.807, 2.05) is 26.2 Å². The molecular formula is C24H26N2O5. The zero-order chi connectivity index (χ0) is 22.1. The number of ether oxygens (including phenoxy) is 2. The van der Waals surface area contributed by atoms with Crippen molar-refractivity contribution in [1.82, 2.24) is 9.80 Å². The molecule has 3 aromatic rings. The average Bonchev–Trinajstić information content (AvgIpc) is 3.05. The molecule has 1 atom stereocenters. The largest absolute Gasteiger partial charge is 0.493 e. The number of para-hydroxylation sites is 1. The van der Waals surface area contributed by atoms with Crippen molar-refractivity contribution in [3.05, 3.63) is 69.6 Å². The first-order chi connectivity index (χ1) is 15.0. The highest BCUT2D eigenvalue weighted by Gasteiger charge is 2.42. The van der Waals surface area contributed by atoms with E-state index in [0.29, 0.717) is 34.6 Å². The molecule has 0 saturated heterocycles. The molecule has 1 aromatic heterocycles. The average molecular weight is 422 g/mol. The molecule has 0 bridgehead atoms. The number of carbonyl (C=O) groups is 1. The Hall–Kier alpha value is -3.32. The molecule has 0 spiro atoms. The minimum Gasteiger partial charge on any atom is -0.493 e. The summed E-state index contributed by atoms with van der Waals surface area (Å²) in [6, 6.07) is 11.9. The molecule has 0 saturated carbocycles. The van der Waals surface area contributed by atoms with Gasteiger partial charge in [-0.1, -0.05) is 18.2 Å². The van der Waals surface area contributed by atoms with Crippen LogP contribution in [0.1, 0.15) is 34.1 Å². The van der Waals surface area contributed by atoms with Crippen LogP contribution in [0.15, 0.2) is 51.7 Å². The second-order valence-electron chi connectivity index (χ2n) is 7.84. The van der Waals surface area contributed by atoms with Crippen molar-refractivity contribution in [2.45, 2.75) is 12.5 Å². The minimum atomic E-state index is -0.551. The van der Waals surface area contributed by atoms with E-state index in [1.54, 1.807) is 49.5 Å². The molecule has 1 aliphatic heterocycles. The van der Waals surface area contributed by atoms with Gasteiger partial charge in [-0.25, -0.2) is 0 Å². The normalized spacial score (nSPS) is 15.6. The number of hydrogen-bond acceptors (Lipinski definition) is 6. The van der Waals surface area contributed by atoms with Crippen LogP contribution in [-0.4, -0.2) is 57.1 Å². The fourth-order valence-electron chi connectivity index (χ4n) is 4.12. The fraction of sp³-hybridized carbons (Fsp3) is 0.333. The van der Waals surface area contributed by atoms with Crippen LogP contribution < -0.4 is 14.9 Å². The Bertz CT molecular complexity index is 1180.